The van der Waals surface area contributed by atoms with Gasteiger partial charge in [0.25, 0.3) is 17.7 Å². The number of carbonyl (C=O) groups excluding carboxylic acids is 3. The SMILES string of the molecule is CC(NC(=O)c1nn(Cc2ccccc2)c2c1CCCC2c1ccccc1)c1ccccc1.COCC1CCN(NC(=O)c2nn(Cc3ccccc3)c3c2CCCC3c2ccccc2)C1.C[C@H]1C(NC(=O)c2nn(C3CCCCC3)c3c2CCCC3)C[C@@H]2C[C@H]1C2(C)C. The van der Waals surface area contributed by atoms with Gasteiger partial charge >= 0.3 is 0 Å². The molecular formula is C80H98N10O4. The van der Waals surface area contributed by atoms with E-state index in [2.05, 4.69) is 160 Å². The number of methoxy groups -OCH3 is 1. The highest BCUT2D eigenvalue weighted by atomic mass is 16.5. The minimum atomic E-state index is -0.0943. The van der Waals surface area contributed by atoms with Crippen molar-refractivity contribution < 1.29 is 19.1 Å². The van der Waals surface area contributed by atoms with Crippen LogP contribution >= 0.6 is 0 Å². The average molecular weight is 1260 g/mol. The number of hydrogen-bond acceptors (Lipinski definition) is 8. The summed E-state index contributed by atoms with van der Waals surface area (Å²) in [6, 6.07) is 52.8. The summed E-state index contributed by atoms with van der Waals surface area (Å²) in [5, 5.41) is 23.4. The molecule has 1 aliphatic heterocycles. The summed E-state index contributed by atoms with van der Waals surface area (Å²) >= 11 is 0. The lowest BCUT2D eigenvalue weighted by Gasteiger charge is -2.62. The molecule has 2 bridgehead atoms. The Bertz CT molecular complexity index is 3840. The van der Waals surface area contributed by atoms with E-state index >= 15 is 0 Å². The van der Waals surface area contributed by atoms with Gasteiger partial charge in [0, 0.05) is 60.5 Å². The Morgan fingerprint density at radius 1 is 0.574 bits per heavy atom. The van der Waals surface area contributed by atoms with E-state index in [1.54, 1.807) is 7.11 Å². The van der Waals surface area contributed by atoms with Crippen LogP contribution in [0.5, 0.6) is 0 Å². The highest BCUT2D eigenvalue weighted by Gasteiger charge is 2.56. The molecule has 8 aliphatic rings. The Morgan fingerprint density at radius 3 is 1.65 bits per heavy atom. The summed E-state index contributed by atoms with van der Waals surface area (Å²) in [4.78, 5) is 40.1. The molecule has 5 unspecified atom stereocenters. The van der Waals surface area contributed by atoms with E-state index in [0.29, 0.717) is 53.8 Å². The smallest absolute Gasteiger partial charge is 0.286 e. The first-order valence-corrected chi connectivity index (χ1v) is 35.6. The predicted molar refractivity (Wildman–Crippen MR) is 371 cm³/mol. The topological polar surface area (TPSA) is 153 Å². The second-order valence-corrected chi connectivity index (χ2v) is 28.8. The Labute approximate surface area is 557 Å². The summed E-state index contributed by atoms with van der Waals surface area (Å²) in [7, 11) is 1.73. The highest BCUT2D eigenvalue weighted by molar-refractivity contribution is 5.95. The van der Waals surface area contributed by atoms with Crippen LogP contribution in [0.4, 0.5) is 0 Å². The van der Waals surface area contributed by atoms with Gasteiger partial charge in [-0.2, -0.15) is 15.3 Å². The number of aromatic nitrogens is 6. The van der Waals surface area contributed by atoms with E-state index in [4.69, 9.17) is 20.0 Å². The zero-order chi connectivity index (χ0) is 64.7. The molecule has 0 radical (unpaired) electrons. The number of benzene rings is 5. The van der Waals surface area contributed by atoms with E-state index in [-0.39, 0.29) is 35.6 Å². The van der Waals surface area contributed by atoms with Gasteiger partial charge in [-0.05, 0) is 160 Å². The van der Waals surface area contributed by atoms with Crippen molar-refractivity contribution in [2.75, 3.05) is 26.8 Å². The van der Waals surface area contributed by atoms with Crippen molar-refractivity contribution in [3.63, 3.8) is 0 Å². The van der Waals surface area contributed by atoms with Crippen LogP contribution < -0.4 is 16.1 Å². The maximum absolute atomic E-state index is 13.4. The molecule has 14 heteroatoms. The zero-order valence-electron chi connectivity index (χ0n) is 56.2. The molecule has 4 saturated carbocycles. The second-order valence-electron chi connectivity index (χ2n) is 28.8. The van der Waals surface area contributed by atoms with Crippen LogP contribution in [-0.2, 0) is 43.5 Å². The van der Waals surface area contributed by atoms with Crippen LogP contribution in [0.3, 0.4) is 0 Å². The number of hydrogen-bond donors (Lipinski definition) is 3. The maximum atomic E-state index is 13.4. The number of ether oxygens (including phenoxy) is 1. The van der Waals surface area contributed by atoms with Crippen molar-refractivity contribution >= 4 is 17.7 Å². The molecular weight excluding hydrogens is 1160 g/mol. The first-order valence-electron chi connectivity index (χ1n) is 35.6. The lowest BCUT2D eigenvalue weighted by atomic mass is 9.45. The van der Waals surface area contributed by atoms with Gasteiger partial charge in [0.05, 0.1) is 43.2 Å². The maximum Gasteiger partial charge on any atom is 0.286 e. The third kappa shape index (κ3) is 14.1. The van der Waals surface area contributed by atoms with Gasteiger partial charge in [-0.15, -0.1) is 0 Å². The van der Waals surface area contributed by atoms with Crippen LogP contribution in [0, 0.1) is 29.1 Å². The molecule has 7 aliphatic carbocycles. The van der Waals surface area contributed by atoms with Crippen LogP contribution in [0.15, 0.2) is 152 Å². The van der Waals surface area contributed by atoms with Crippen molar-refractivity contribution in [3.8, 4) is 0 Å². The lowest BCUT2D eigenvalue weighted by Crippen LogP contribution is -2.60. The standard InChI is InChI=1S/C29H29N3O.C27H32N4O2.C24H37N3O/c1-21(23-14-7-3-8-15-23)30-29(33)27-26-19-11-18-25(24-16-9-4-10-17-24)28(26)32(31-27)20-22-12-5-2-6-13-22;1-33-19-21-15-16-30(17-21)29-27(32)25-24-14-8-13-23(22-11-6-3-7-12-22)26(24)31(28-25)18-20-9-4-2-5-10-20;1-15-19-13-16(24(19,2)3)14-20(15)25-23(28)22-18-11-7-8-12-21(18)27(26-22)17-9-5-4-6-10-17/h2-10,12-17,21,25H,11,18-20H2,1H3,(H,30,33);2-7,9-12,21,23H,8,13-19H2,1H3,(H,29,32);15-17,19-20H,4-14H2,1-3H3,(H,25,28)/t;;15-,16+,19-,20?/m..1/s1. The summed E-state index contributed by atoms with van der Waals surface area (Å²) in [6.45, 7) is 12.9. The molecule has 8 atom stereocenters. The normalized spacial score (nSPS) is 23.1. The minimum Gasteiger partial charge on any atom is -0.384 e. The van der Waals surface area contributed by atoms with Crippen LogP contribution in [0.25, 0.3) is 0 Å². The molecule has 3 amide bonds. The number of hydrazine groups is 1. The summed E-state index contributed by atoms with van der Waals surface area (Å²) in [6.07, 6.45) is 20.5. The summed E-state index contributed by atoms with van der Waals surface area (Å²) in [5.41, 5.74) is 18.8. The van der Waals surface area contributed by atoms with Gasteiger partial charge in [-0.3, -0.25) is 33.9 Å². The van der Waals surface area contributed by atoms with Gasteiger partial charge in [-0.1, -0.05) is 192 Å². The molecule has 5 aromatic carbocycles. The van der Waals surface area contributed by atoms with E-state index in [0.717, 1.165) is 118 Å². The van der Waals surface area contributed by atoms with E-state index in [1.165, 1.54) is 96.3 Å². The van der Waals surface area contributed by atoms with Crippen LogP contribution in [0.2, 0.25) is 0 Å². The first-order chi connectivity index (χ1) is 45.9. The second kappa shape index (κ2) is 29.4. The van der Waals surface area contributed by atoms with Crippen molar-refractivity contribution in [2.24, 2.45) is 29.1 Å². The molecule has 4 heterocycles. The fraction of sp³-hybridized carbons (Fsp3) is 0.475. The summed E-state index contributed by atoms with van der Waals surface area (Å²) in [5.74, 6) is 2.97. The molecule has 492 valence electrons. The number of amides is 3. The molecule has 8 aromatic rings. The number of fused-ring (bicyclic) bond motifs is 5. The molecule has 3 aromatic heterocycles. The van der Waals surface area contributed by atoms with Gasteiger partial charge in [-0.25, -0.2) is 5.01 Å². The number of rotatable bonds is 16. The molecule has 16 rings (SSSR count). The van der Waals surface area contributed by atoms with Crippen molar-refractivity contribution in [3.05, 3.63) is 230 Å². The Kier molecular flexibility index (Phi) is 20.2. The zero-order valence-corrected chi connectivity index (χ0v) is 56.2. The Morgan fingerprint density at radius 2 is 1.10 bits per heavy atom. The Balaban J connectivity index is 0.000000129. The molecule has 3 N–H and O–H groups in total. The summed E-state index contributed by atoms with van der Waals surface area (Å²) < 4.78 is 11.7. The number of nitrogens with zero attached hydrogens (tertiary/aromatic N) is 7. The lowest BCUT2D eigenvalue weighted by molar-refractivity contribution is -0.113. The van der Waals surface area contributed by atoms with Crippen LogP contribution in [-0.4, -0.2) is 84.9 Å². The van der Waals surface area contributed by atoms with Crippen molar-refractivity contribution in [2.45, 2.75) is 186 Å². The number of carbonyl (C=O) groups is 3. The molecule has 5 fully saturated rings. The van der Waals surface area contributed by atoms with Crippen LogP contribution in [0.1, 0.15) is 235 Å². The molecule has 1 saturated heterocycles. The average Bonchev–Trinajstić information content (AvgIpc) is 0.998. The molecule has 14 nitrogen and oxygen atoms in total. The third-order valence-corrected chi connectivity index (χ3v) is 22.5. The Hall–Kier alpha value is -7.94. The van der Waals surface area contributed by atoms with Crippen molar-refractivity contribution in [1.29, 1.82) is 0 Å². The first kappa shape index (κ1) is 64.8. The van der Waals surface area contributed by atoms with Gasteiger partial charge in [0.15, 0.2) is 17.1 Å². The third-order valence-electron chi connectivity index (χ3n) is 22.5. The van der Waals surface area contributed by atoms with E-state index in [1.807, 2.05) is 54.4 Å². The fourth-order valence-electron chi connectivity index (χ4n) is 17.3. The van der Waals surface area contributed by atoms with Gasteiger partial charge in [0.2, 0.25) is 0 Å². The molecule has 0 spiro atoms. The number of nitrogens with one attached hydrogen (secondary N) is 3. The molecule has 94 heavy (non-hydrogen) atoms. The highest BCUT2D eigenvalue weighted by Crippen LogP contribution is 2.61. The monoisotopic (exact) mass is 1260 g/mol. The largest absolute Gasteiger partial charge is 0.384 e. The van der Waals surface area contributed by atoms with Gasteiger partial charge in [0.1, 0.15) is 0 Å². The van der Waals surface area contributed by atoms with Gasteiger partial charge < -0.3 is 15.4 Å². The quantitative estimate of drug-likeness (QED) is 0.0864. The predicted octanol–water partition coefficient (Wildman–Crippen LogP) is 15.0. The van der Waals surface area contributed by atoms with E-state index < -0.39 is 0 Å². The fourth-order valence-corrected chi connectivity index (χ4v) is 17.3. The minimum absolute atomic E-state index is 0.0814. The van der Waals surface area contributed by atoms with Crippen molar-refractivity contribution in [1.82, 2.24) is 50.4 Å². The van der Waals surface area contributed by atoms with E-state index in [9.17, 15) is 14.4 Å².